The van der Waals surface area contributed by atoms with Crippen molar-refractivity contribution in [3.63, 3.8) is 0 Å². The van der Waals surface area contributed by atoms with Gasteiger partial charge in [-0.1, -0.05) is 31.6 Å². The molecule has 6 heteroatoms. The van der Waals surface area contributed by atoms with Gasteiger partial charge in [-0.15, -0.1) is 0 Å². The topological polar surface area (TPSA) is 18.5 Å². The van der Waals surface area contributed by atoms with E-state index >= 15 is 0 Å². The highest BCUT2D eigenvalue weighted by atomic mass is 19.2. The van der Waals surface area contributed by atoms with Gasteiger partial charge in [0.25, 0.3) is 0 Å². The first kappa shape index (κ1) is 31.1. The maximum absolute atomic E-state index is 14.9. The molecule has 0 spiro atoms. The largest absolute Gasteiger partial charge is 0.490 e. The van der Waals surface area contributed by atoms with Crippen molar-refractivity contribution in [2.24, 2.45) is 17.8 Å². The third kappa shape index (κ3) is 7.23. The molecule has 0 N–H and O–H groups in total. The fraction of sp³-hybridized carbons (Fsp3) is 0.611. The standard InChI is InChI=1S/C36H46F4O2/c1-3-4-21-41-32-20-19-31(35(39)36(32)40)28-12-10-25(11-13-28)26-14-16-29(17-15-26)42-22-24-6-8-27(9-7-24)30-18-5-23(2)33(37)34(30)38/h5,12,18-20,24-27,29H,3-4,6-11,13-17,21-22H2,1-2H3. The van der Waals surface area contributed by atoms with E-state index in [2.05, 4.69) is 6.08 Å². The number of aryl methyl sites for hydroxylation is 1. The second-order valence-corrected chi connectivity index (χ2v) is 12.9. The number of halogens is 4. The normalized spacial score (nSPS) is 26.6. The van der Waals surface area contributed by atoms with Crippen molar-refractivity contribution in [1.82, 2.24) is 0 Å². The van der Waals surface area contributed by atoms with E-state index in [-0.39, 0.29) is 11.7 Å². The molecule has 0 aromatic heterocycles. The summed E-state index contributed by atoms with van der Waals surface area (Å²) in [6.45, 7) is 4.78. The first-order chi connectivity index (χ1) is 20.4. The minimum absolute atomic E-state index is 0.0000299. The van der Waals surface area contributed by atoms with Crippen molar-refractivity contribution in [1.29, 1.82) is 0 Å². The molecule has 0 saturated heterocycles. The molecule has 230 valence electrons. The molecular weight excluding hydrogens is 540 g/mol. The van der Waals surface area contributed by atoms with Crippen LogP contribution < -0.4 is 4.74 Å². The molecule has 2 nitrogen and oxygen atoms in total. The molecule has 3 aliphatic carbocycles. The van der Waals surface area contributed by atoms with E-state index in [1.807, 2.05) is 6.92 Å². The van der Waals surface area contributed by atoms with Crippen molar-refractivity contribution in [2.75, 3.05) is 13.2 Å². The van der Waals surface area contributed by atoms with Gasteiger partial charge in [-0.2, -0.15) is 4.39 Å². The van der Waals surface area contributed by atoms with E-state index in [1.54, 1.807) is 31.2 Å². The minimum atomic E-state index is -0.881. The van der Waals surface area contributed by atoms with Crippen molar-refractivity contribution in [3.8, 4) is 5.75 Å². The maximum Gasteiger partial charge on any atom is 0.201 e. The van der Waals surface area contributed by atoms with Crippen LogP contribution in [0.4, 0.5) is 17.6 Å². The van der Waals surface area contributed by atoms with E-state index in [0.29, 0.717) is 47.2 Å². The number of benzene rings is 2. The third-order valence-corrected chi connectivity index (χ3v) is 10.1. The summed E-state index contributed by atoms with van der Waals surface area (Å²) in [5, 5.41) is 0. The van der Waals surface area contributed by atoms with Crippen LogP contribution in [-0.2, 0) is 4.74 Å². The van der Waals surface area contributed by atoms with Crippen LogP contribution in [0.5, 0.6) is 5.75 Å². The summed E-state index contributed by atoms with van der Waals surface area (Å²) in [5.41, 5.74) is 2.17. The Morgan fingerprint density at radius 3 is 2.21 bits per heavy atom. The van der Waals surface area contributed by atoms with Crippen LogP contribution in [0, 0.1) is 47.9 Å². The summed E-state index contributed by atoms with van der Waals surface area (Å²) in [6.07, 6.45) is 15.0. The highest BCUT2D eigenvalue weighted by Gasteiger charge is 2.31. The number of hydrogen-bond donors (Lipinski definition) is 0. The molecule has 5 rings (SSSR count). The van der Waals surface area contributed by atoms with Crippen LogP contribution in [0.1, 0.15) is 113 Å². The second kappa shape index (κ2) is 14.4. The fourth-order valence-corrected chi connectivity index (χ4v) is 7.36. The van der Waals surface area contributed by atoms with E-state index in [1.165, 1.54) is 0 Å². The molecule has 1 atom stereocenters. The number of hydrogen-bond acceptors (Lipinski definition) is 2. The molecule has 1 unspecified atom stereocenters. The minimum Gasteiger partial charge on any atom is -0.490 e. The summed E-state index contributed by atoms with van der Waals surface area (Å²) < 4.78 is 69.7. The lowest BCUT2D eigenvalue weighted by Crippen LogP contribution is -2.29. The first-order valence-corrected chi connectivity index (χ1v) is 16.2. The van der Waals surface area contributed by atoms with E-state index in [4.69, 9.17) is 9.47 Å². The van der Waals surface area contributed by atoms with Crippen LogP contribution >= 0.6 is 0 Å². The highest BCUT2D eigenvalue weighted by molar-refractivity contribution is 5.67. The Labute approximate surface area is 248 Å². The summed E-state index contributed by atoms with van der Waals surface area (Å²) >= 11 is 0. The predicted octanol–water partition coefficient (Wildman–Crippen LogP) is 10.5. The number of unbranched alkanes of at least 4 members (excludes halogenated alkanes) is 1. The average Bonchev–Trinajstić information content (AvgIpc) is 3.02. The molecular formula is C36H46F4O2. The van der Waals surface area contributed by atoms with Gasteiger partial charge >= 0.3 is 0 Å². The van der Waals surface area contributed by atoms with Crippen LogP contribution in [0.15, 0.2) is 30.3 Å². The van der Waals surface area contributed by atoms with Gasteiger partial charge in [-0.3, -0.25) is 0 Å². The summed E-state index contributed by atoms with van der Waals surface area (Å²) in [7, 11) is 0. The van der Waals surface area contributed by atoms with Crippen LogP contribution in [0.3, 0.4) is 0 Å². The average molecular weight is 587 g/mol. The lowest BCUT2D eigenvalue weighted by Gasteiger charge is -2.36. The molecule has 0 bridgehead atoms. The third-order valence-electron chi connectivity index (χ3n) is 10.1. The molecule has 2 fully saturated rings. The Balaban J connectivity index is 1.04. The lowest BCUT2D eigenvalue weighted by atomic mass is 9.72. The predicted molar refractivity (Wildman–Crippen MR) is 160 cm³/mol. The van der Waals surface area contributed by atoms with E-state index in [0.717, 1.165) is 95.7 Å². The molecule has 42 heavy (non-hydrogen) atoms. The second-order valence-electron chi connectivity index (χ2n) is 12.9. The van der Waals surface area contributed by atoms with E-state index in [9.17, 15) is 17.6 Å². The van der Waals surface area contributed by atoms with Crippen molar-refractivity contribution in [3.05, 3.63) is 70.3 Å². The number of rotatable bonds is 10. The molecule has 2 aromatic rings. The van der Waals surface area contributed by atoms with E-state index < -0.39 is 23.3 Å². The molecule has 2 aromatic carbocycles. The number of allylic oxidation sites excluding steroid dienone is 2. The summed E-state index contributed by atoms with van der Waals surface area (Å²) in [6, 6.07) is 6.68. The monoisotopic (exact) mass is 586 g/mol. The van der Waals surface area contributed by atoms with Crippen LogP contribution in [0.2, 0.25) is 0 Å². The summed E-state index contributed by atoms with van der Waals surface area (Å²) in [4.78, 5) is 0. The lowest BCUT2D eigenvalue weighted by molar-refractivity contribution is -0.0132. The van der Waals surface area contributed by atoms with Crippen molar-refractivity contribution < 1.29 is 27.0 Å². The molecule has 0 aliphatic heterocycles. The Morgan fingerprint density at radius 2 is 1.52 bits per heavy atom. The molecule has 0 radical (unpaired) electrons. The fourth-order valence-electron chi connectivity index (χ4n) is 7.36. The molecule has 0 amide bonds. The SMILES string of the molecule is CCCCOc1ccc(C2=CCC(C3CCC(OCC4CCC(c5ccc(C)c(F)c5F)CC4)CC3)CC2)c(F)c1F. The maximum atomic E-state index is 14.9. The summed E-state index contributed by atoms with van der Waals surface area (Å²) in [5.74, 6) is -1.23. The smallest absolute Gasteiger partial charge is 0.201 e. The Hall–Kier alpha value is -2.34. The van der Waals surface area contributed by atoms with Gasteiger partial charge < -0.3 is 9.47 Å². The zero-order valence-corrected chi connectivity index (χ0v) is 25.2. The molecule has 3 aliphatic rings. The van der Waals surface area contributed by atoms with Crippen molar-refractivity contribution >= 4 is 5.57 Å². The van der Waals surface area contributed by atoms with Gasteiger partial charge in [0.2, 0.25) is 5.82 Å². The van der Waals surface area contributed by atoms with Crippen molar-refractivity contribution in [2.45, 2.75) is 109 Å². The molecule has 0 heterocycles. The first-order valence-electron chi connectivity index (χ1n) is 16.2. The quantitative estimate of drug-likeness (QED) is 0.204. The van der Waals surface area contributed by atoms with Gasteiger partial charge in [-0.05, 0) is 136 Å². The van der Waals surface area contributed by atoms with Crippen LogP contribution in [-0.4, -0.2) is 19.3 Å². The Bertz CT molecular complexity index is 1230. The van der Waals surface area contributed by atoms with Gasteiger partial charge in [-0.25, -0.2) is 13.2 Å². The van der Waals surface area contributed by atoms with Gasteiger partial charge in [0.05, 0.1) is 12.7 Å². The number of ether oxygens (including phenoxy) is 2. The zero-order chi connectivity index (χ0) is 29.6. The highest BCUT2D eigenvalue weighted by Crippen LogP contribution is 2.42. The van der Waals surface area contributed by atoms with Gasteiger partial charge in [0.15, 0.2) is 23.2 Å². The van der Waals surface area contributed by atoms with Gasteiger partial charge in [0.1, 0.15) is 0 Å². The Morgan fingerprint density at radius 1 is 0.762 bits per heavy atom. The van der Waals surface area contributed by atoms with Gasteiger partial charge in [0, 0.05) is 12.2 Å². The Kier molecular flexibility index (Phi) is 10.7. The molecule has 2 saturated carbocycles. The zero-order valence-electron chi connectivity index (χ0n) is 25.2. The van der Waals surface area contributed by atoms with Crippen LogP contribution in [0.25, 0.3) is 5.57 Å².